The Labute approximate surface area is 66.7 Å². The summed E-state index contributed by atoms with van der Waals surface area (Å²) < 4.78 is 0. The van der Waals surface area contributed by atoms with Crippen molar-refractivity contribution in [3.8, 4) is 0 Å². The Morgan fingerprint density at radius 2 is 2.45 bits per heavy atom. The number of fused-ring (bicyclic) bond motifs is 1. The van der Waals surface area contributed by atoms with Gasteiger partial charge in [0.25, 0.3) is 0 Å². The molecule has 0 bridgehead atoms. The van der Waals surface area contributed by atoms with Crippen molar-refractivity contribution in [2.45, 2.75) is 19.8 Å². The summed E-state index contributed by atoms with van der Waals surface area (Å²) in [4.78, 5) is 4.38. The fourth-order valence-electron chi connectivity index (χ4n) is 1.47. The van der Waals surface area contributed by atoms with Crippen LogP contribution in [-0.2, 0) is 0 Å². The van der Waals surface area contributed by atoms with Gasteiger partial charge in [-0.15, -0.1) is 0 Å². The normalized spacial score (nSPS) is 21.1. The van der Waals surface area contributed by atoms with E-state index in [2.05, 4.69) is 30.2 Å². The number of rotatable bonds is 0. The Balaban J connectivity index is 2.50. The third-order valence-corrected chi connectivity index (χ3v) is 2.12. The highest BCUT2D eigenvalue weighted by Gasteiger charge is 2.18. The van der Waals surface area contributed by atoms with E-state index in [-0.39, 0.29) is 0 Å². The molecule has 1 atom stereocenters. The molecule has 0 fully saturated rings. The van der Waals surface area contributed by atoms with Crippen LogP contribution < -0.4 is 5.32 Å². The lowest BCUT2D eigenvalue weighted by atomic mass is 10.1. The molecule has 1 aliphatic heterocycles. The second-order valence-electron chi connectivity index (χ2n) is 3.23. The monoisotopic (exact) mass is 148 g/mol. The van der Waals surface area contributed by atoms with E-state index in [1.807, 2.05) is 6.20 Å². The summed E-state index contributed by atoms with van der Waals surface area (Å²) in [6, 6.07) is 2.16. The van der Waals surface area contributed by atoms with E-state index >= 15 is 0 Å². The molecule has 1 unspecified atom stereocenters. The standard InChI is InChI=1S/C9H12N2/c1-6-3-8-9(11-4-6)7(2)5-10-8/h3-4,7,10H,5H2,1-2H3. The van der Waals surface area contributed by atoms with E-state index in [0.717, 1.165) is 6.54 Å². The second kappa shape index (κ2) is 2.22. The molecule has 0 radical (unpaired) electrons. The lowest BCUT2D eigenvalue weighted by Gasteiger charge is -2.00. The van der Waals surface area contributed by atoms with Gasteiger partial charge < -0.3 is 5.32 Å². The van der Waals surface area contributed by atoms with Gasteiger partial charge in [0.15, 0.2) is 0 Å². The zero-order valence-electron chi connectivity index (χ0n) is 6.89. The molecule has 58 valence electrons. The summed E-state index contributed by atoms with van der Waals surface area (Å²) in [5.74, 6) is 0.575. The first kappa shape index (κ1) is 6.65. The number of pyridine rings is 1. The van der Waals surface area contributed by atoms with Gasteiger partial charge in [-0.25, -0.2) is 0 Å². The fraction of sp³-hybridized carbons (Fsp3) is 0.444. The first-order chi connectivity index (χ1) is 5.27. The van der Waals surface area contributed by atoms with Crippen LogP contribution in [0.4, 0.5) is 5.69 Å². The Hall–Kier alpha value is -1.05. The van der Waals surface area contributed by atoms with Crippen LogP contribution in [0.1, 0.15) is 24.1 Å². The van der Waals surface area contributed by atoms with Crippen LogP contribution in [0.15, 0.2) is 12.3 Å². The second-order valence-corrected chi connectivity index (χ2v) is 3.23. The third kappa shape index (κ3) is 0.985. The van der Waals surface area contributed by atoms with Gasteiger partial charge >= 0.3 is 0 Å². The molecule has 2 heterocycles. The van der Waals surface area contributed by atoms with Crippen molar-refractivity contribution in [1.29, 1.82) is 0 Å². The molecule has 0 aromatic carbocycles. The van der Waals surface area contributed by atoms with Gasteiger partial charge in [-0.05, 0) is 18.6 Å². The molecule has 0 saturated heterocycles. The molecular formula is C9H12N2. The molecule has 0 spiro atoms. The van der Waals surface area contributed by atoms with Crippen LogP contribution in [0.25, 0.3) is 0 Å². The van der Waals surface area contributed by atoms with Gasteiger partial charge in [0.1, 0.15) is 0 Å². The maximum absolute atomic E-state index is 4.38. The fourth-order valence-corrected chi connectivity index (χ4v) is 1.47. The number of aryl methyl sites for hydroxylation is 1. The Bertz CT molecular complexity index is 281. The van der Waals surface area contributed by atoms with Crippen molar-refractivity contribution in [1.82, 2.24) is 4.98 Å². The first-order valence-corrected chi connectivity index (χ1v) is 3.98. The Morgan fingerprint density at radius 3 is 3.27 bits per heavy atom. The minimum atomic E-state index is 0.575. The number of hydrogen-bond acceptors (Lipinski definition) is 2. The van der Waals surface area contributed by atoms with Crippen LogP contribution in [-0.4, -0.2) is 11.5 Å². The molecule has 11 heavy (non-hydrogen) atoms. The smallest absolute Gasteiger partial charge is 0.0680 e. The van der Waals surface area contributed by atoms with Crippen LogP contribution in [0.3, 0.4) is 0 Å². The molecule has 0 saturated carbocycles. The first-order valence-electron chi connectivity index (χ1n) is 3.98. The van der Waals surface area contributed by atoms with Crippen LogP contribution in [0.5, 0.6) is 0 Å². The Kier molecular flexibility index (Phi) is 1.34. The average Bonchev–Trinajstić information content (AvgIpc) is 2.32. The quantitative estimate of drug-likeness (QED) is 0.608. The van der Waals surface area contributed by atoms with Crippen molar-refractivity contribution in [3.63, 3.8) is 0 Å². The van der Waals surface area contributed by atoms with Crippen LogP contribution >= 0.6 is 0 Å². The highest BCUT2D eigenvalue weighted by atomic mass is 14.9. The van der Waals surface area contributed by atoms with Crippen molar-refractivity contribution in [3.05, 3.63) is 23.5 Å². The molecule has 1 N–H and O–H groups in total. The van der Waals surface area contributed by atoms with E-state index in [0.29, 0.717) is 5.92 Å². The lowest BCUT2D eigenvalue weighted by molar-refractivity contribution is 0.821. The van der Waals surface area contributed by atoms with Crippen molar-refractivity contribution in [2.24, 2.45) is 0 Å². The van der Waals surface area contributed by atoms with Gasteiger partial charge in [0, 0.05) is 18.7 Å². The van der Waals surface area contributed by atoms with E-state index in [4.69, 9.17) is 0 Å². The summed E-state index contributed by atoms with van der Waals surface area (Å²) in [6.45, 7) is 5.30. The number of nitrogens with zero attached hydrogens (tertiary/aromatic N) is 1. The third-order valence-electron chi connectivity index (χ3n) is 2.12. The van der Waals surface area contributed by atoms with Crippen molar-refractivity contribution < 1.29 is 0 Å². The lowest BCUT2D eigenvalue weighted by Crippen LogP contribution is -1.96. The van der Waals surface area contributed by atoms with E-state index in [1.165, 1.54) is 16.9 Å². The van der Waals surface area contributed by atoms with E-state index in [9.17, 15) is 0 Å². The molecule has 2 heteroatoms. The predicted molar refractivity (Wildman–Crippen MR) is 45.9 cm³/mol. The summed E-state index contributed by atoms with van der Waals surface area (Å²) in [5, 5.41) is 3.33. The zero-order chi connectivity index (χ0) is 7.84. The maximum atomic E-state index is 4.38. The molecule has 2 rings (SSSR count). The molecule has 2 nitrogen and oxygen atoms in total. The van der Waals surface area contributed by atoms with Gasteiger partial charge in [-0.1, -0.05) is 6.92 Å². The molecule has 0 amide bonds. The number of anilines is 1. The topological polar surface area (TPSA) is 24.9 Å². The maximum Gasteiger partial charge on any atom is 0.0680 e. The van der Waals surface area contributed by atoms with E-state index < -0.39 is 0 Å². The highest BCUT2D eigenvalue weighted by molar-refractivity contribution is 5.55. The molecule has 1 aliphatic rings. The zero-order valence-corrected chi connectivity index (χ0v) is 6.89. The molecular weight excluding hydrogens is 136 g/mol. The summed E-state index contributed by atoms with van der Waals surface area (Å²) >= 11 is 0. The SMILES string of the molecule is Cc1cnc2c(c1)NCC2C. The summed E-state index contributed by atoms with van der Waals surface area (Å²) in [7, 11) is 0. The Morgan fingerprint density at radius 1 is 1.64 bits per heavy atom. The largest absolute Gasteiger partial charge is 0.383 e. The van der Waals surface area contributed by atoms with Crippen molar-refractivity contribution >= 4 is 5.69 Å². The summed E-state index contributed by atoms with van der Waals surface area (Å²) in [5.41, 5.74) is 3.67. The molecule has 1 aromatic heterocycles. The van der Waals surface area contributed by atoms with Gasteiger partial charge in [-0.3, -0.25) is 4.98 Å². The summed E-state index contributed by atoms with van der Waals surface area (Å²) in [6.07, 6.45) is 1.93. The highest BCUT2D eigenvalue weighted by Crippen LogP contribution is 2.28. The van der Waals surface area contributed by atoms with Gasteiger partial charge in [0.05, 0.1) is 11.4 Å². The minimum Gasteiger partial charge on any atom is -0.383 e. The van der Waals surface area contributed by atoms with Crippen LogP contribution in [0, 0.1) is 6.92 Å². The van der Waals surface area contributed by atoms with Crippen LogP contribution in [0.2, 0.25) is 0 Å². The predicted octanol–water partition coefficient (Wildman–Crippen LogP) is 1.92. The van der Waals surface area contributed by atoms with E-state index in [1.54, 1.807) is 0 Å². The number of aromatic nitrogens is 1. The number of hydrogen-bond donors (Lipinski definition) is 1. The van der Waals surface area contributed by atoms with Crippen molar-refractivity contribution in [2.75, 3.05) is 11.9 Å². The van der Waals surface area contributed by atoms with Gasteiger partial charge in [-0.2, -0.15) is 0 Å². The minimum absolute atomic E-state index is 0.575. The number of nitrogens with one attached hydrogen (secondary N) is 1. The molecule has 0 aliphatic carbocycles. The molecule has 1 aromatic rings. The van der Waals surface area contributed by atoms with Gasteiger partial charge in [0.2, 0.25) is 0 Å². The average molecular weight is 148 g/mol.